The number of hydrogen-bond donors (Lipinski definition) is 0. The third-order valence-corrected chi connectivity index (χ3v) is 11.7. The van der Waals surface area contributed by atoms with Gasteiger partial charge in [-0.2, -0.15) is 81.6 Å². The Kier molecular flexibility index (Phi) is 24.1. The first-order chi connectivity index (χ1) is 29.3. The average molecular weight is 1060 g/mol. The van der Waals surface area contributed by atoms with Crippen molar-refractivity contribution < 1.29 is 73.0 Å². The van der Waals surface area contributed by atoms with Crippen molar-refractivity contribution in [1.29, 1.82) is 0 Å². The van der Waals surface area contributed by atoms with E-state index in [-0.39, 0.29) is 36.0 Å². The van der Waals surface area contributed by atoms with Crippen LogP contribution in [0, 0.1) is 13.8 Å². The first kappa shape index (κ1) is 53.3. The monoisotopic (exact) mass is 1060 g/mol. The van der Waals surface area contributed by atoms with Crippen molar-refractivity contribution in [3.63, 3.8) is 0 Å². The zero-order valence-corrected chi connectivity index (χ0v) is 42.9. The van der Waals surface area contributed by atoms with Gasteiger partial charge >= 0.3 is 64.1 Å². The molecule has 0 fully saturated rings. The first-order valence-corrected chi connectivity index (χ1v) is 29.1. The molecule has 0 amide bonds. The maximum atomic E-state index is 10.4. The topological polar surface area (TPSA) is 114 Å². The Morgan fingerprint density at radius 2 is 0.790 bits per heavy atom. The van der Waals surface area contributed by atoms with Gasteiger partial charge in [0, 0.05) is 0 Å². The van der Waals surface area contributed by atoms with Crippen LogP contribution < -0.4 is 0 Å². The summed E-state index contributed by atoms with van der Waals surface area (Å²) >= 11 is -0.826. The van der Waals surface area contributed by atoms with Crippen LogP contribution in [-0.4, -0.2) is 25.9 Å². The molecule has 0 atom stereocenters. The van der Waals surface area contributed by atoms with Gasteiger partial charge in [-0.25, -0.2) is 29.0 Å². The summed E-state index contributed by atoms with van der Waals surface area (Å²) in [6.45, 7) is 3.64. The fourth-order valence-corrected chi connectivity index (χ4v) is 7.71. The molecule has 0 radical (unpaired) electrons. The Morgan fingerprint density at radius 1 is 0.468 bits per heavy atom. The molecule has 0 aromatic heterocycles. The van der Waals surface area contributed by atoms with Crippen molar-refractivity contribution in [2.75, 3.05) is 0 Å². The summed E-state index contributed by atoms with van der Waals surface area (Å²) in [6.07, 6.45) is 10.9. The molecule has 2 aliphatic carbocycles. The Bertz CT molecular complexity index is 2390. The molecule has 8 aromatic rings. The fourth-order valence-electron chi connectivity index (χ4n) is 6.78. The van der Waals surface area contributed by atoms with E-state index in [1.54, 1.807) is 46.5 Å². The van der Waals surface area contributed by atoms with Crippen molar-refractivity contribution in [3.8, 4) is 0 Å². The van der Waals surface area contributed by atoms with E-state index in [1.165, 1.54) is 97.2 Å². The molecule has 0 bridgehead atoms. The van der Waals surface area contributed by atoms with Gasteiger partial charge < -0.3 is 9.11 Å². The molecule has 320 valence electrons. The normalized spacial score (nSPS) is 12.2. The summed E-state index contributed by atoms with van der Waals surface area (Å²) in [6, 6.07) is 54.3. The summed E-state index contributed by atoms with van der Waals surface area (Å²) in [5, 5.41) is 5.32. The second kappa shape index (κ2) is 28.0. The predicted octanol–water partition coefficient (Wildman–Crippen LogP) is 12.9. The van der Waals surface area contributed by atoms with Crippen LogP contribution >= 0.6 is 17.0 Å². The van der Waals surface area contributed by atoms with Crippen LogP contribution in [0.25, 0.3) is 21.5 Å². The van der Waals surface area contributed by atoms with Crippen LogP contribution in [0.5, 0.6) is 0 Å². The van der Waals surface area contributed by atoms with E-state index in [9.17, 15) is 25.9 Å². The molecule has 2 aliphatic rings. The minimum Gasteiger partial charge on any atom is -0.210 e. The molecule has 0 unspecified atom stereocenters. The van der Waals surface area contributed by atoms with E-state index in [1.807, 2.05) is 13.8 Å². The molecular weight excluding hydrogens is 1010 g/mol. The number of fused-ring (bicyclic) bond motifs is 4. The molecule has 12 heteroatoms. The van der Waals surface area contributed by atoms with Crippen molar-refractivity contribution >= 4 is 58.8 Å². The summed E-state index contributed by atoms with van der Waals surface area (Å²) < 4.78 is 62.3. The predicted molar refractivity (Wildman–Crippen MR) is 246 cm³/mol. The molecule has 10 rings (SSSR count). The molecule has 0 spiro atoms. The van der Waals surface area contributed by atoms with Gasteiger partial charge in [-0.3, -0.25) is 0 Å². The van der Waals surface area contributed by atoms with Gasteiger partial charge in [-0.05, 0) is 38.1 Å². The van der Waals surface area contributed by atoms with Crippen molar-refractivity contribution in [3.05, 3.63) is 203 Å². The third kappa shape index (κ3) is 19.0. The molecule has 62 heavy (non-hydrogen) atoms. The van der Waals surface area contributed by atoms with E-state index in [0.29, 0.717) is 0 Å². The van der Waals surface area contributed by atoms with Gasteiger partial charge in [0.1, 0.15) is 20.2 Å². The average Bonchev–Trinajstić information content (AvgIpc) is 4.10. The Hall–Kier alpha value is -3.03. The van der Waals surface area contributed by atoms with Crippen LogP contribution in [-0.2, 0) is 93.0 Å². The largest absolute Gasteiger partial charge is 4.00 e. The third-order valence-electron chi connectivity index (χ3n) is 10.0. The Balaban J connectivity index is 0.000000195. The van der Waals surface area contributed by atoms with Crippen LogP contribution in [0.4, 0.5) is 0 Å². The second-order valence-electron chi connectivity index (χ2n) is 14.5. The van der Waals surface area contributed by atoms with E-state index in [4.69, 9.17) is 17.0 Å². The molecule has 0 saturated carbocycles. The number of benzene rings is 4. The number of rotatable bonds is 2. The van der Waals surface area contributed by atoms with Gasteiger partial charge in [0.05, 0.1) is 9.79 Å². The number of aryl methyl sites for hydroxylation is 6. The van der Waals surface area contributed by atoms with Crippen molar-refractivity contribution in [2.24, 2.45) is 0 Å². The molecule has 0 saturated heterocycles. The van der Waals surface area contributed by atoms with Crippen LogP contribution in [0.1, 0.15) is 59.1 Å². The van der Waals surface area contributed by atoms with Crippen molar-refractivity contribution in [2.45, 2.75) is 75.0 Å². The van der Waals surface area contributed by atoms with Gasteiger partial charge in [0.25, 0.3) is 0 Å². The van der Waals surface area contributed by atoms with Gasteiger partial charge in [0.15, 0.2) is 0 Å². The first-order valence-electron chi connectivity index (χ1n) is 20.0. The van der Waals surface area contributed by atoms with Gasteiger partial charge in [-0.1, -0.05) is 98.9 Å². The summed E-state index contributed by atoms with van der Waals surface area (Å²) in [5.74, 6) is 0. The second-order valence-corrected chi connectivity index (χ2v) is 21.0. The minimum absolute atomic E-state index is 0. The number of halogens is 2. The Labute approximate surface area is 406 Å². The molecule has 8 aromatic carbocycles. The van der Waals surface area contributed by atoms with Crippen LogP contribution in [0.3, 0.4) is 0 Å². The molecule has 6 nitrogen and oxygen atoms in total. The molecular formula is C50H50Cl2O6S2Zr2. The van der Waals surface area contributed by atoms with E-state index in [2.05, 4.69) is 121 Å². The SMILES string of the molecule is Cc1ccc(S(=O)(=O)[O-])cc1.Cc1ccc(S(=O)(=O)[O-])cc1.[Cl][Zr+2][Cl].[Zr+4].c1cc2c([cH-]1)CCCC2.c1cc2c([cH-]1)CCCC2.c1ccc2[cH-]ccc2c1.c1ccc2[cH-]ccc2c1. The molecule has 0 N–H and O–H groups in total. The van der Waals surface area contributed by atoms with E-state index < -0.39 is 41.1 Å². The summed E-state index contributed by atoms with van der Waals surface area (Å²) in [7, 11) is 1.33. The smallest absolute Gasteiger partial charge is 0.210 e. The quantitative estimate of drug-likeness (QED) is 0.126. The van der Waals surface area contributed by atoms with Crippen LogP contribution in [0.2, 0.25) is 0 Å². The Morgan fingerprint density at radius 3 is 1.11 bits per heavy atom. The summed E-state index contributed by atoms with van der Waals surface area (Å²) in [5.41, 5.74) is 8.25. The van der Waals surface area contributed by atoms with Crippen molar-refractivity contribution in [1.82, 2.24) is 0 Å². The fraction of sp³-hybridized carbons (Fsp3) is 0.200. The zero-order valence-electron chi connectivity index (χ0n) is 34.8. The zero-order chi connectivity index (χ0) is 44.1. The maximum absolute atomic E-state index is 10.4. The van der Waals surface area contributed by atoms with E-state index >= 15 is 0 Å². The minimum atomic E-state index is -4.27. The van der Waals surface area contributed by atoms with Gasteiger partial charge in [0.2, 0.25) is 0 Å². The molecule has 0 heterocycles. The molecule has 0 aliphatic heterocycles. The van der Waals surface area contributed by atoms with E-state index in [0.717, 1.165) is 11.1 Å². The van der Waals surface area contributed by atoms with Gasteiger partial charge in [-0.15, -0.1) is 59.3 Å². The summed E-state index contributed by atoms with van der Waals surface area (Å²) in [4.78, 5) is -0.355. The standard InChI is InChI=1S/2C9H11.2C9H7.2C7H8O3S.2ClH.2Zr/c4*1-2-5-9-7-3-6-8(9)4-1;2*1-6-2-4-7(5-3-6)11(8,9)10;;;;/h2*3,6-7H,1-2,4-5H2;2*1-7H;2*2-5H,1H3,(H,8,9,10);2*1H;;/q4*-1;;;;;2*+4/p-4. The number of hydrogen-bond acceptors (Lipinski definition) is 6. The maximum Gasteiger partial charge on any atom is 4.00 e. The van der Waals surface area contributed by atoms with Crippen LogP contribution in [0.15, 0.2) is 180 Å².